The molecular formula is C53H52O5. The molecule has 9 aliphatic rings. The SMILES string of the molecule is c1ccc2cc(C3c4c(ccc5cc(OCOC67CC8CC(CC(C8)C6)C7)ccc45)Oc4ccc5cc(OCOC67CC8CC(CC(C8)C6)C7)ccc5c43)ccc2c1. The van der Waals surface area contributed by atoms with Crippen molar-refractivity contribution >= 4 is 32.3 Å². The molecule has 0 radical (unpaired) electrons. The maximum atomic E-state index is 6.85. The zero-order valence-electron chi connectivity index (χ0n) is 33.3. The van der Waals surface area contributed by atoms with Gasteiger partial charge in [0.25, 0.3) is 0 Å². The van der Waals surface area contributed by atoms with Gasteiger partial charge in [-0.05, 0) is 187 Å². The Bertz CT molecular complexity index is 2400. The van der Waals surface area contributed by atoms with Crippen LogP contribution in [-0.2, 0) is 9.47 Å². The summed E-state index contributed by atoms with van der Waals surface area (Å²) >= 11 is 0. The second-order valence-corrected chi connectivity index (χ2v) is 19.9. The lowest BCUT2D eigenvalue weighted by Gasteiger charge is -2.56. The molecule has 15 rings (SSSR count). The molecule has 0 saturated heterocycles. The van der Waals surface area contributed by atoms with Gasteiger partial charge in [-0.1, -0.05) is 66.7 Å². The minimum absolute atomic E-state index is 0.0278. The fourth-order valence-corrected chi connectivity index (χ4v) is 14.4. The molecule has 0 spiro atoms. The molecule has 58 heavy (non-hydrogen) atoms. The van der Waals surface area contributed by atoms with Crippen molar-refractivity contribution < 1.29 is 23.7 Å². The highest BCUT2D eigenvalue weighted by atomic mass is 16.7. The van der Waals surface area contributed by atoms with Crippen molar-refractivity contribution in [3.63, 3.8) is 0 Å². The first-order valence-corrected chi connectivity index (χ1v) is 22.3. The highest BCUT2D eigenvalue weighted by Crippen LogP contribution is 2.59. The standard InChI is InChI=1S/C53H52O5/c1-2-4-39-21-42(6-5-38(39)3-1)49-50-45-11-9-43(54-30-56-52-24-32-15-33(25-52)17-34(16-32)26-52)22-40(45)7-13-47(50)58-48-14-8-41-23-44(10-12-46(41)51(48)49)55-31-57-53-27-35-18-36(28-53)20-37(19-35)29-53/h1-14,21-23,32-37,49H,15-20,24-31H2. The van der Waals surface area contributed by atoms with Crippen LogP contribution in [0.25, 0.3) is 32.3 Å². The molecule has 5 heteroatoms. The van der Waals surface area contributed by atoms with Crippen LogP contribution in [0.15, 0.2) is 103 Å². The summed E-state index contributed by atoms with van der Waals surface area (Å²) in [7, 11) is 0. The van der Waals surface area contributed by atoms with Gasteiger partial charge in [-0.3, -0.25) is 0 Å². The Morgan fingerprint density at radius 2 is 0.897 bits per heavy atom. The third-order valence-corrected chi connectivity index (χ3v) is 16.0. The van der Waals surface area contributed by atoms with E-state index in [-0.39, 0.29) is 17.1 Å². The summed E-state index contributed by atoms with van der Waals surface area (Å²) in [6.45, 7) is 0.621. The van der Waals surface area contributed by atoms with E-state index in [2.05, 4.69) is 103 Å². The van der Waals surface area contributed by atoms with Gasteiger partial charge in [-0.25, -0.2) is 0 Å². The summed E-state index contributed by atoms with van der Waals surface area (Å²) in [4.78, 5) is 0. The number of benzene rings is 6. The Morgan fingerprint density at radius 3 is 1.38 bits per heavy atom. The molecule has 0 aromatic heterocycles. The Kier molecular flexibility index (Phi) is 7.66. The summed E-state index contributed by atoms with van der Waals surface area (Å²) in [5, 5.41) is 7.10. The van der Waals surface area contributed by atoms with E-state index in [0.717, 1.165) is 69.3 Å². The maximum Gasteiger partial charge on any atom is 0.189 e. The molecule has 0 amide bonds. The minimum atomic E-state index is -0.0480. The van der Waals surface area contributed by atoms with Crippen LogP contribution in [0.5, 0.6) is 23.0 Å². The van der Waals surface area contributed by atoms with Crippen molar-refractivity contribution in [1.29, 1.82) is 0 Å². The van der Waals surface area contributed by atoms with E-state index in [1.54, 1.807) is 0 Å². The average Bonchev–Trinajstić information content (AvgIpc) is 3.21. The lowest BCUT2D eigenvalue weighted by Crippen LogP contribution is -2.52. The van der Waals surface area contributed by atoms with E-state index in [9.17, 15) is 0 Å². The second-order valence-electron chi connectivity index (χ2n) is 19.9. The van der Waals surface area contributed by atoms with Crippen LogP contribution in [0.3, 0.4) is 0 Å². The average molecular weight is 769 g/mol. The van der Waals surface area contributed by atoms with Crippen LogP contribution in [0, 0.1) is 35.5 Å². The third-order valence-electron chi connectivity index (χ3n) is 16.0. The zero-order chi connectivity index (χ0) is 38.0. The number of hydrogen-bond donors (Lipinski definition) is 0. The summed E-state index contributed by atoms with van der Waals surface area (Å²) in [5.74, 6) is 8.56. The van der Waals surface area contributed by atoms with Crippen LogP contribution in [0.4, 0.5) is 0 Å². The normalized spacial score (nSPS) is 32.4. The highest BCUT2D eigenvalue weighted by Gasteiger charge is 2.53. The zero-order valence-corrected chi connectivity index (χ0v) is 33.3. The van der Waals surface area contributed by atoms with E-state index < -0.39 is 0 Å². The van der Waals surface area contributed by atoms with Crippen LogP contribution in [0.1, 0.15) is 99.7 Å². The molecule has 5 nitrogen and oxygen atoms in total. The van der Waals surface area contributed by atoms with Gasteiger partial charge in [0.15, 0.2) is 13.6 Å². The predicted octanol–water partition coefficient (Wildman–Crippen LogP) is 13.1. The van der Waals surface area contributed by atoms with Crippen LogP contribution < -0.4 is 14.2 Å². The van der Waals surface area contributed by atoms with E-state index in [0.29, 0.717) is 13.6 Å². The lowest BCUT2D eigenvalue weighted by atomic mass is 9.54. The second kappa shape index (κ2) is 13.0. The van der Waals surface area contributed by atoms with Gasteiger partial charge in [0, 0.05) is 17.0 Å². The van der Waals surface area contributed by atoms with Crippen molar-refractivity contribution in [2.75, 3.05) is 13.6 Å². The molecule has 8 aliphatic carbocycles. The van der Waals surface area contributed by atoms with Crippen molar-refractivity contribution in [2.24, 2.45) is 35.5 Å². The molecule has 8 saturated carbocycles. The van der Waals surface area contributed by atoms with Gasteiger partial charge in [0.05, 0.1) is 11.2 Å². The molecular weight excluding hydrogens is 717 g/mol. The van der Waals surface area contributed by atoms with E-state index >= 15 is 0 Å². The molecule has 0 atom stereocenters. The molecule has 294 valence electrons. The quantitative estimate of drug-likeness (QED) is 0.137. The first-order valence-electron chi connectivity index (χ1n) is 22.3. The largest absolute Gasteiger partial charge is 0.468 e. The van der Waals surface area contributed by atoms with E-state index in [1.807, 2.05) is 0 Å². The van der Waals surface area contributed by atoms with Crippen molar-refractivity contribution in [1.82, 2.24) is 0 Å². The van der Waals surface area contributed by atoms with Crippen LogP contribution in [0.2, 0.25) is 0 Å². The number of fused-ring (bicyclic) bond motifs is 7. The van der Waals surface area contributed by atoms with E-state index in [1.165, 1.54) is 115 Å². The van der Waals surface area contributed by atoms with Gasteiger partial charge >= 0.3 is 0 Å². The van der Waals surface area contributed by atoms with Crippen LogP contribution in [-0.4, -0.2) is 24.8 Å². The van der Waals surface area contributed by atoms with Crippen molar-refractivity contribution in [2.45, 2.75) is 94.2 Å². The molecule has 6 aromatic carbocycles. The summed E-state index contributed by atoms with van der Waals surface area (Å²) < 4.78 is 33.0. The minimum Gasteiger partial charge on any atom is -0.468 e. The number of hydrogen-bond acceptors (Lipinski definition) is 5. The van der Waals surface area contributed by atoms with Gasteiger partial charge < -0.3 is 23.7 Å². The van der Waals surface area contributed by atoms with Gasteiger partial charge in [0.2, 0.25) is 0 Å². The smallest absolute Gasteiger partial charge is 0.189 e. The number of ether oxygens (including phenoxy) is 5. The van der Waals surface area contributed by atoms with Gasteiger partial charge in [-0.2, -0.15) is 0 Å². The third kappa shape index (κ3) is 5.70. The Labute approximate surface area is 341 Å². The molecule has 1 heterocycles. The Morgan fingerprint density at radius 1 is 0.448 bits per heavy atom. The Hall–Kier alpha value is -4.58. The summed E-state index contributed by atoms with van der Waals surface area (Å²) in [6, 6.07) is 37.3. The van der Waals surface area contributed by atoms with Gasteiger partial charge in [0.1, 0.15) is 23.0 Å². The lowest BCUT2D eigenvalue weighted by molar-refractivity contribution is -0.191. The van der Waals surface area contributed by atoms with Crippen molar-refractivity contribution in [3.05, 3.63) is 120 Å². The highest BCUT2D eigenvalue weighted by molar-refractivity contribution is 5.96. The topological polar surface area (TPSA) is 46.2 Å². The molecule has 8 bridgehead atoms. The first-order chi connectivity index (χ1) is 28.5. The number of rotatable bonds is 9. The predicted molar refractivity (Wildman–Crippen MR) is 228 cm³/mol. The molecule has 0 N–H and O–H groups in total. The summed E-state index contributed by atoms with van der Waals surface area (Å²) in [6.07, 6.45) is 15.7. The maximum absolute atomic E-state index is 6.85. The van der Waals surface area contributed by atoms with Crippen molar-refractivity contribution in [3.8, 4) is 23.0 Å². The van der Waals surface area contributed by atoms with Crippen LogP contribution >= 0.6 is 0 Å². The first kappa shape index (κ1) is 34.3. The fraction of sp³-hybridized carbons (Fsp3) is 0.434. The summed E-state index contributed by atoms with van der Waals surface area (Å²) in [5.41, 5.74) is 3.68. The van der Waals surface area contributed by atoms with Gasteiger partial charge in [-0.15, -0.1) is 0 Å². The van der Waals surface area contributed by atoms with E-state index in [4.69, 9.17) is 23.7 Å². The monoisotopic (exact) mass is 768 g/mol. The molecule has 8 fully saturated rings. The molecule has 0 unspecified atom stereocenters. The fourth-order valence-electron chi connectivity index (χ4n) is 14.4. The Balaban J connectivity index is 0.825. The molecule has 1 aliphatic heterocycles. The molecule has 6 aromatic rings.